The van der Waals surface area contributed by atoms with E-state index in [9.17, 15) is 20.6 Å². The molecule has 0 unspecified atom stereocenters. The van der Waals surface area contributed by atoms with E-state index in [-0.39, 0.29) is 77.0 Å². The third-order valence-corrected chi connectivity index (χ3v) is 17.3. The molecule has 1 aliphatic heterocycles. The third kappa shape index (κ3) is 9.00. The number of rotatable bonds is 7. The van der Waals surface area contributed by atoms with E-state index in [1.807, 2.05) is 114 Å². The minimum Gasteiger partial charge on any atom is -0.510 e. The van der Waals surface area contributed by atoms with Crippen molar-refractivity contribution in [3.63, 3.8) is 0 Å². The van der Waals surface area contributed by atoms with Crippen molar-refractivity contribution < 1.29 is 63.3 Å². The van der Waals surface area contributed by atoms with E-state index < -0.39 is 116 Å². The van der Waals surface area contributed by atoms with Gasteiger partial charge in [0.2, 0.25) is 0 Å². The van der Waals surface area contributed by atoms with Crippen LogP contribution in [-0.4, -0.2) is 18.7 Å². The van der Waals surface area contributed by atoms with Crippen LogP contribution in [0.2, 0.25) is 0 Å². The molecule has 7 heteroatoms. The van der Waals surface area contributed by atoms with Gasteiger partial charge in [-0.1, -0.05) is 217 Å². The Bertz CT molecular complexity index is 6550. The zero-order valence-corrected chi connectivity index (χ0v) is 51.2. The number of para-hydroxylation sites is 4. The zero-order chi connectivity index (χ0) is 81.3. The molecule has 2 aliphatic rings. The van der Waals surface area contributed by atoms with Gasteiger partial charge in [0.1, 0.15) is 5.82 Å². The Balaban J connectivity index is 0.00000994. The molecule has 11 aromatic carbocycles. The van der Waals surface area contributed by atoms with Crippen molar-refractivity contribution in [2.24, 2.45) is 0 Å². The maximum absolute atomic E-state index is 10.6. The molecule has 0 spiro atoms. The SMILES string of the molecule is [2H]c1c([2H])c([2H])c(-c2cccc3c2-c2cccc(-n4c5ccccc5c5ccccc54)c2-[n+]2[c-]n(-c4[c-]c(Oc5[c-]c6c(cc5)c5ccccc5n6-c5cc(C(C)(C)C)ccn5)ccc4)c4cc(-c5c([2H])c([2H])c6c(c5[2H])C(C([2H])([2H])[2H])(C([2H])([2H])[2H])C([2H])([2H])C([2H])([2H])C6(C([2H])([2H])[2H])C([2H])([2H])[2H])cc(c42)-c2ccccc2-3)c([2H])c1[2H].[Pt]. The zero-order valence-electron chi connectivity index (χ0n) is 72.9. The van der Waals surface area contributed by atoms with Crippen LogP contribution in [0.4, 0.5) is 0 Å². The minimum absolute atomic E-state index is 0. The van der Waals surface area contributed by atoms with E-state index in [2.05, 4.69) is 43.8 Å². The molecule has 4 aromatic heterocycles. The molecule has 0 amide bonds. The summed E-state index contributed by atoms with van der Waals surface area (Å²) in [6.45, 7) is -11.0. The van der Waals surface area contributed by atoms with Crippen molar-refractivity contribution in [3.05, 3.63) is 278 Å². The molecular formula is C84H65N5OPt-2. The van der Waals surface area contributed by atoms with Crippen molar-refractivity contribution >= 4 is 54.6 Å². The summed E-state index contributed by atoms with van der Waals surface area (Å²) in [5.41, 5.74) is -5.97. The number of pyridine rings is 1. The Morgan fingerprint density at radius 3 is 1.90 bits per heavy atom. The van der Waals surface area contributed by atoms with Crippen LogP contribution < -0.4 is 9.30 Å². The van der Waals surface area contributed by atoms with Crippen LogP contribution >= 0.6 is 0 Å². The Morgan fingerprint density at radius 1 is 0.538 bits per heavy atom. The Hall–Kier alpha value is -9.87. The summed E-state index contributed by atoms with van der Waals surface area (Å²) in [6, 6.07) is 56.7. The van der Waals surface area contributed by atoms with Crippen molar-refractivity contribution in [2.75, 3.05) is 0 Å². The first kappa shape index (κ1) is 36.1. The second kappa shape index (κ2) is 21.1. The van der Waals surface area contributed by atoms with Crippen LogP contribution in [0.15, 0.2) is 243 Å². The molecule has 444 valence electrons. The van der Waals surface area contributed by atoms with Crippen LogP contribution in [0, 0.1) is 18.5 Å². The molecule has 6 nitrogen and oxygen atoms in total. The normalized spacial score (nSPS) is 19.4. The average Bonchev–Trinajstić information content (AvgIpc) is 1.29. The molecule has 0 saturated heterocycles. The summed E-state index contributed by atoms with van der Waals surface area (Å²) in [4.78, 5) is 4.86. The largest absolute Gasteiger partial charge is 0.510 e. The van der Waals surface area contributed by atoms with Gasteiger partial charge in [-0.2, -0.15) is 18.2 Å². The summed E-state index contributed by atoms with van der Waals surface area (Å²) in [5.74, 6) is 1.00. The molecule has 0 saturated carbocycles. The van der Waals surface area contributed by atoms with E-state index in [1.165, 1.54) is 12.1 Å². The summed E-state index contributed by atoms with van der Waals surface area (Å²) in [7, 11) is 0. The Kier molecular flexibility index (Phi) is 8.38. The van der Waals surface area contributed by atoms with Crippen LogP contribution in [-0.2, 0) is 37.3 Å². The predicted molar refractivity (Wildman–Crippen MR) is 369 cm³/mol. The van der Waals surface area contributed by atoms with Gasteiger partial charge in [-0.15, -0.1) is 29.7 Å². The first-order chi connectivity index (χ1) is 53.6. The van der Waals surface area contributed by atoms with E-state index in [1.54, 1.807) is 82.1 Å². The Morgan fingerprint density at radius 2 is 1.16 bits per heavy atom. The second-order valence-corrected chi connectivity index (χ2v) is 23.8. The molecule has 0 fully saturated rings. The first-order valence-corrected chi connectivity index (χ1v) is 29.4. The van der Waals surface area contributed by atoms with Crippen LogP contribution in [0.25, 0.3) is 133 Å². The summed E-state index contributed by atoms with van der Waals surface area (Å²) < 4.78 is 240. The number of ether oxygens (including phenoxy) is 1. The van der Waals surface area contributed by atoms with Crippen LogP contribution in [0.1, 0.15) is 111 Å². The summed E-state index contributed by atoms with van der Waals surface area (Å²) in [5, 5.41) is 3.49. The smallest absolute Gasteiger partial charge is 0.268 e. The summed E-state index contributed by atoms with van der Waals surface area (Å²) in [6.07, 6.45) is -3.75. The number of benzene rings is 11. The fourth-order valence-electron chi connectivity index (χ4n) is 13.2. The maximum atomic E-state index is 10.6. The van der Waals surface area contributed by atoms with Gasteiger partial charge in [-0.05, 0) is 155 Å². The van der Waals surface area contributed by atoms with Crippen LogP contribution in [0.5, 0.6) is 11.5 Å². The number of nitrogens with zero attached hydrogens (tertiary/aromatic N) is 5. The van der Waals surface area contributed by atoms with E-state index in [0.29, 0.717) is 50.5 Å². The standard InChI is InChI=1S/C84H65N5O.Pt/c1-82(2,3)56-42-45-85-78(49-56)89-74-36-18-15-30-65(74)66-40-39-59(51-76(66)89)90-58-25-19-24-57(50-58)86-52-87-80-68(33-21-37-75(80)88-72-34-16-13-28-63(72)64-29-14-17-35-73(64)88)79-60(53-22-9-8-10-23-53)31-20-32-67(79)61-26-11-12-27-62(61)69-46-55(48-77(86)81(69)87)54-38-41-70-71(47-54)84(6,7)44-43-83(70,4)5;/h8-42,45-49H,43-44H2,1-7H3;/q-2;/i4D3,5D3,6D3,7D3,8D,9D,10D,22D,23D,38D,41D,43D2,44D2,47D;. The molecule has 0 radical (unpaired) electrons. The van der Waals surface area contributed by atoms with Crippen molar-refractivity contribution in [1.29, 1.82) is 0 Å². The van der Waals surface area contributed by atoms with Crippen molar-refractivity contribution in [1.82, 2.24) is 18.7 Å². The minimum atomic E-state index is -4.61. The van der Waals surface area contributed by atoms with Gasteiger partial charge in [0.25, 0.3) is 6.33 Å². The van der Waals surface area contributed by atoms with Gasteiger partial charge in [-0.25, -0.2) is 4.98 Å². The predicted octanol–water partition coefficient (Wildman–Crippen LogP) is 21.0. The van der Waals surface area contributed by atoms with Gasteiger partial charge < -0.3 is 18.4 Å². The second-order valence-electron chi connectivity index (χ2n) is 23.8. The molecule has 0 atom stereocenters. The molecule has 17 rings (SSSR count). The molecule has 5 heterocycles. The fraction of sp³-hybridized carbons (Fsp3) is 0.143. The molecule has 0 N–H and O–H groups in total. The molecule has 0 bridgehead atoms. The number of imidazole rings is 1. The van der Waals surface area contributed by atoms with Crippen molar-refractivity contribution in [3.8, 4) is 90.0 Å². The van der Waals surface area contributed by atoms with E-state index in [0.717, 1.165) is 43.7 Å². The fourth-order valence-corrected chi connectivity index (χ4v) is 13.2. The third-order valence-electron chi connectivity index (χ3n) is 17.3. The Labute approximate surface area is 579 Å². The van der Waals surface area contributed by atoms with E-state index in [4.69, 9.17) is 22.1 Å². The molecule has 1 aliphatic carbocycles. The van der Waals surface area contributed by atoms with Gasteiger partial charge in [0.15, 0.2) is 0 Å². The summed E-state index contributed by atoms with van der Waals surface area (Å²) >= 11 is 0. The van der Waals surface area contributed by atoms with E-state index >= 15 is 0 Å². The quantitative estimate of drug-likeness (QED) is 0.118. The molecule has 15 aromatic rings. The van der Waals surface area contributed by atoms with Crippen LogP contribution in [0.3, 0.4) is 0 Å². The van der Waals surface area contributed by atoms with Gasteiger partial charge >= 0.3 is 0 Å². The molecular weight excluding hydrogens is 1290 g/mol. The van der Waals surface area contributed by atoms with Gasteiger partial charge in [0, 0.05) is 77.0 Å². The monoisotopic (exact) mass is 1380 g/mol. The number of hydrogen-bond donors (Lipinski definition) is 0. The molecule has 91 heavy (non-hydrogen) atoms. The first-order valence-electron chi connectivity index (χ1n) is 41.4. The van der Waals surface area contributed by atoms with Gasteiger partial charge in [-0.3, -0.25) is 4.57 Å². The van der Waals surface area contributed by atoms with Crippen molar-refractivity contribution in [2.45, 2.75) is 77.2 Å². The average molecular weight is 1380 g/mol. The van der Waals surface area contributed by atoms with Gasteiger partial charge in [0.05, 0.1) is 44.4 Å². The number of fused-ring (bicyclic) bond motifs is 14. The number of aromatic nitrogens is 5. The maximum Gasteiger partial charge on any atom is 0.268 e. The number of hydrogen-bond acceptors (Lipinski definition) is 2. The topological polar surface area (TPSA) is 40.8 Å².